The Hall–Kier alpha value is -0.250. The zero-order chi connectivity index (χ0) is 10.0. The molecule has 0 bridgehead atoms. The van der Waals surface area contributed by atoms with Gasteiger partial charge in [0.15, 0.2) is 5.75 Å². The maximum Gasteiger partial charge on any atom is 0.154 e. The molecule has 0 atom stereocenters. The minimum Gasteiger partial charge on any atom is -0.505 e. The number of phenols is 1. The standard InChI is InChI=1S/C8H9Cl2NOS/c1-11-5-3-4(9)7(12)6(10)8(5)13-2/h3,11-12H,1-2H3. The normalized spacial score (nSPS) is 10.2. The maximum absolute atomic E-state index is 9.43. The summed E-state index contributed by atoms with van der Waals surface area (Å²) in [5.74, 6) is -0.0633. The van der Waals surface area contributed by atoms with E-state index in [1.54, 1.807) is 13.1 Å². The molecular weight excluding hydrogens is 229 g/mol. The number of nitrogens with one attached hydrogen (secondary N) is 1. The second-order valence-corrected chi connectivity index (χ2v) is 3.95. The van der Waals surface area contributed by atoms with Crippen LogP contribution in [-0.4, -0.2) is 18.4 Å². The summed E-state index contributed by atoms with van der Waals surface area (Å²) < 4.78 is 0. The lowest BCUT2D eigenvalue weighted by molar-refractivity contribution is 0.474. The summed E-state index contributed by atoms with van der Waals surface area (Å²) in [6, 6.07) is 1.65. The van der Waals surface area contributed by atoms with Crippen molar-refractivity contribution in [2.24, 2.45) is 0 Å². The second kappa shape index (κ2) is 4.31. The monoisotopic (exact) mass is 237 g/mol. The van der Waals surface area contributed by atoms with Crippen LogP contribution in [-0.2, 0) is 0 Å². The SMILES string of the molecule is CNc1cc(Cl)c(O)c(Cl)c1SC. The van der Waals surface area contributed by atoms with Crippen LogP contribution in [0.25, 0.3) is 0 Å². The van der Waals surface area contributed by atoms with Crippen LogP contribution in [0.15, 0.2) is 11.0 Å². The highest BCUT2D eigenvalue weighted by atomic mass is 35.5. The van der Waals surface area contributed by atoms with Gasteiger partial charge in [-0.3, -0.25) is 0 Å². The van der Waals surface area contributed by atoms with Crippen molar-refractivity contribution in [1.82, 2.24) is 0 Å². The van der Waals surface area contributed by atoms with E-state index < -0.39 is 0 Å². The van der Waals surface area contributed by atoms with Gasteiger partial charge in [-0.2, -0.15) is 0 Å². The molecule has 0 saturated carbocycles. The number of anilines is 1. The van der Waals surface area contributed by atoms with Crippen LogP contribution in [0, 0.1) is 0 Å². The zero-order valence-electron chi connectivity index (χ0n) is 7.19. The molecule has 5 heteroatoms. The number of thioether (sulfide) groups is 1. The van der Waals surface area contributed by atoms with Crippen molar-refractivity contribution in [2.45, 2.75) is 4.90 Å². The Morgan fingerprint density at radius 3 is 2.54 bits per heavy atom. The number of benzene rings is 1. The van der Waals surface area contributed by atoms with Crippen molar-refractivity contribution in [1.29, 1.82) is 0 Å². The van der Waals surface area contributed by atoms with E-state index in [1.807, 2.05) is 6.26 Å². The molecule has 0 unspecified atom stereocenters. The Morgan fingerprint density at radius 1 is 1.46 bits per heavy atom. The van der Waals surface area contributed by atoms with Gasteiger partial charge in [-0.25, -0.2) is 0 Å². The molecule has 0 heterocycles. The highest BCUT2D eigenvalue weighted by Gasteiger charge is 2.13. The van der Waals surface area contributed by atoms with E-state index >= 15 is 0 Å². The quantitative estimate of drug-likeness (QED) is 0.611. The molecule has 0 radical (unpaired) electrons. The number of rotatable bonds is 2. The van der Waals surface area contributed by atoms with Crippen molar-refractivity contribution in [3.05, 3.63) is 16.1 Å². The van der Waals surface area contributed by atoms with Gasteiger partial charge in [0.05, 0.1) is 20.6 Å². The van der Waals surface area contributed by atoms with E-state index in [2.05, 4.69) is 5.32 Å². The molecule has 0 aromatic heterocycles. The first-order valence-corrected chi connectivity index (χ1v) is 5.52. The van der Waals surface area contributed by atoms with Crippen molar-refractivity contribution in [2.75, 3.05) is 18.6 Å². The maximum atomic E-state index is 9.43. The van der Waals surface area contributed by atoms with Gasteiger partial charge in [-0.15, -0.1) is 11.8 Å². The minimum absolute atomic E-state index is 0.0633. The summed E-state index contributed by atoms with van der Waals surface area (Å²) in [7, 11) is 1.78. The van der Waals surface area contributed by atoms with Crippen LogP contribution in [0.2, 0.25) is 10.0 Å². The van der Waals surface area contributed by atoms with Crippen LogP contribution < -0.4 is 5.32 Å². The lowest BCUT2D eigenvalue weighted by atomic mass is 10.3. The fraction of sp³-hybridized carbons (Fsp3) is 0.250. The van der Waals surface area contributed by atoms with Gasteiger partial charge in [0.1, 0.15) is 0 Å². The number of aromatic hydroxyl groups is 1. The summed E-state index contributed by atoms with van der Waals surface area (Å²) in [6.45, 7) is 0. The number of hydrogen-bond acceptors (Lipinski definition) is 3. The molecule has 0 fully saturated rings. The molecule has 13 heavy (non-hydrogen) atoms. The Kier molecular flexibility index (Phi) is 3.59. The first kappa shape index (κ1) is 10.8. The first-order valence-electron chi connectivity index (χ1n) is 3.54. The molecule has 0 aliphatic heterocycles. The first-order chi connectivity index (χ1) is 6.11. The van der Waals surface area contributed by atoms with E-state index in [0.29, 0.717) is 5.02 Å². The summed E-state index contributed by atoms with van der Waals surface area (Å²) >= 11 is 13.1. The van der Waals surface area contributed by atoms with Crippen LogP contribution in [0.5, 0.6) is 5.75 Å². The summed E-state index contributed by atoms with van der Waals surface area (Å²) in [5, 5.41) is 12.9. The van der Waals surface area contributed by atoms with Crippen LogP contribution >= 0.6 is 35.0 Å². The zero-order valence-corrected chi connectivity index (χ0v) is 9.52. The molecule has 1 aromatic rings. The fourth-order valence-corrected chi connectivity index (χ4v) is 2.32. The van der Waals surface area contributed by atoms with Crippen molar-refractivity contribution < 1.29 is 5.11 Å². The van der Waals surface area contributed by atoms with Gasteiger partial charge >= 0.3 is 0 Å². The summed E-state index contributed by atoms with van der Waals surface area (Å²) in [4.78, 5) is 0.797. The number of halogens is 2. The highest BCUT2D eigenvalue weighted by molar-refractivity contribution is 7.98. The van der Waals surface area contributed by atoms with E-state index in [-0.39, 0.29) is 10.8 Å². The molecule has 0 aliphatic rings. The minimum atomic E-state index is -0.0633. The second-order valence-electron chi connectivity index (χ2n) is 2.35. The Morgan fingerprint density at radius 2 is 2.08 bits per heavy atom. The average Bonchev–Trinajstić information content (AvgIpc) is 2.13. The van der Waals surface area contributed by atoms with Crippen molar-refractivity contribution >= 4 is 40.7 Å². The topological polar surface area (TPSA) is 32.3 Å². The Labute approximate surface area is 91.2 Å². The smallest absolute Gasteiger partial charge is 0.154 e. The number of phenolic OH excluding ortho intramolecular Hbond substituents is 1. The average molecular weight is 238 g/mol. The molecular formula is C8H9Cl2NOS. The van der Waals surface area contributed by atoms with Gasteiger partial charge in [0.25, 0.3) is 0 Å². The molecule has 0 amide bonds. The predicted molar refractivity (Wildman–Crippen MR) is 59.5 cm³/mol. The largest absolute Gasteiger partial charge is 0.505 e. The van der Waals surface area contributed by atoms with Crippen LogP contribution in [0.4, 0.5) is 5.69 Å². The molecule has 0 spiro atoms. The lowest BCUT2D eigenvalue weighted by Crippen LogP contribution is -1.91. The molecule has 1 rings (SSSR count). The van der Waals surface area contributed by atoms with Gasteiger partial charge in [0, 0.05) is 7.05 Å². The molecule has 0 aliphatic carbocycles. The molecule has 1 aromatic carbocycles. The highest BCUT2D eigenvalue weighted by Crippen LogP contribution is 2.43. The van der Waals surface area contributed by atoms with Crippen LogP contribution in [0.3, 0.4) is 0 Å². The van der Waals surface area contributed by atoms with E-state index in [0.717, 1.165) is 10.6 Å². The van der Waals surface area contributed by atoms with Gasteiger partial charge < -0.3 is 10.4 Å². The molecule has 2 nitrogen and oxygen atoms in total. The summed E-state index contributed by atoms with van der Waals surface area (Å²) in [6.07, 6.45) is 1.88. The summed E-state index contributed by atoms with van der Waals surface area (Å²) in [5.41, 5.74) is 0.820. The Bertz CT molecular complexity index is 330. The molecule has 0 saturated heterocycles. The third kappa shape index (κ3) is 1.98. The van der Waals surface area contributed by atoms with Crippen molar-refractivity contribution in [3.8, 4) is 5.75 Å². The fourth-order valence-electron chi connectivity index (χ4n) is 0.977. The molecule has 72 valence electrons. The number of hydrogen-bond donors (Lipinski definition) is 2. The van der Waals surface area contributed by atoms with Gasteiger partial charge in [0.2, 0.25) is 0 Å². The van der Waals surface area contributed by atoms with Crippen molar-refractivity contribution in [3.63, 3.8) is 0 Å². The molecule has 2 N–H and O–H groups in total. The predicted octanol–water partition coefficient (Wildman–Crippen LogP) is 3.46. The van der Waals surface area contributed by atoms with Gasteiger partial charge in [-0.05, 0) is 12.3 Å². The Balaban J connectivity index is 3.39. The third-order valence-corrected chi connectivity index (χ3v) is 3.22. The third-order valence-electron chi connectivity index (χ3n) is 1.62. The van der Waals surface area contributed by atoms with E-state index in [1.165, 1.54) is 11.8 Å². The van der Waals surface area contributed by atoms with E-state index in [4.69, 9.17) is 23.2 Å². The van der Waals surface area contributed by atoms with Gasteiger partial charge in [-0.1, -0.05) is 23.2 Å². The van der Waals surface area contributed by atoms with Crippen LogP contribution in [0.1, 0.15) is 0 Å². The van der Waals surface area contributed by atoms with E-state index in [9.17, 15) is 5.11 Å². The lowest BCUT2D eigenvalue weighted by Gasteiger charge is -2.11.